The summed E-state index contributed by atoms with van der Waals surface area (Å²) in [6.07, 6.45) is 4.59. The molecule has 0 saturated heterocycles. The molecule has 1 saturated carbocycles. The number of hydrogen-bond acceptors (Lipinski definition) is 4. The number of nitro benzene ring substituents is 1. The Morgan fingerprint density at radius 2 is 2.11 bits per heavy atom. The van der Waals surface area contributed by atoms with Crippen molar-refractivity contribution in [3.05, 3.63) is 33.9 Å². The molecular formula is C14H20N2O3. The van der Waals surface area contributed by atoms with Crippen LogP contribution in [0.2, 0.25) is 0 Å². The summed E-state index contributed by atoms with van der Waals surface area (Å²) in [5, 5.41) is 20.2. The lowest BCUT2D eigenvalue weighted by molar-refractivity contribution is -0.385. The smallest absolute Gasteiger partial charge is 0.274 e. The molecular weight excluding hydrogens is 244 g/mol. The highest BCUT2D eigenvalue weighted by Gasteiger charge is 2.24. The van der Waals surface area contributed by atoms with E-state index < -0.39 is 0 Å². The van der Waals surface area contributed by atoms with Gasteiger partial charge in [0.05, 0.1) is 11.5 Å². The third kappa shape index (κ3) is 3.04. The Hall–Kier alpha value is -1.62. The molecule has 1 aliphatic carbocycles. The summed E-state index contributed by atoms with van der Waals surface area (Å²) in [6.45, 7) is 2.34. The highest BCUT2D eigenvalue weighted by Crippen LogP contribution is 2.31. The summed E-state index contributed by atoms with van der Waals surface area (Å²) in [6, 6.07) is 5.72. The van der Waals surface area contributed by atoms with E-state index in [9.17, 15) is 15.2 Å². The molecule has 0 spiro atoms. The topological polar surface area (TPSA) is 66.6 Å². The number of nitro groups is 1. The fourth-order valence-electron chi connectivity index (χ4n) is 2.82. The lowest BCUT2D eigenvalue weighted by Gasteiger charge is -2.30. The molecule has 104 valence electrons. The number of nitrogens with zero attached hydrogens (tertiary/aromatic N) is 2. The number of hydrogen-bond donors (Lipinski definition) is 1. The Balaban J connectivity index is 2.30. The molecule has 1 aromatic rings. The van der Waals surface area contributed by atoms with E-state index >= 15 is 0 Å². The van der Waals surface area contributed by atoms with Crippen LogP contribution in [0.3, 0.4) is 0 Å². The van der Waals surface area contributed by atoms with Gasteiger partial charge >= 0.3 is 0 Å². The first kappa shape index (κ1) is 13.8. The maximum absolute atomic E-state index is 11.0. The fourth-order valence-corrected chi connectivity index (χ4v) is 2.82. The molecule has 0 bridgehead atoms. The third-order valence-corrected chi connectivity index (χ3v) is 3.83. The van der Waals surface area contributed by atoms with Gasteiger partial charge in [0.25, 0.3) is 5.69 Å². The minimum Gasteiger partial charge on any atom is -0.395 e. The average Bonchev–Trinajstić information content (AvgIpc) is 2.90. The van der Waals surface area contributed by atoms with Crippen molar-refractivity contribution in [1.82, 2.24) is 0 Å². The lowest BCUT2D eigenvalue weighted by atomic mass is 10.1. The van der Waals surface area contributed by atoms with Crippen LogP contribution in [-0.4, -0.2) is 29.2 Å². The second-order valence-electron chi connectivity index (χ2n) is 5.08. The summed E-state index contributed by atoms with van der Waals surface area (Å²) < 4.78 is 0. The van der Waals surface area contributed by atoms with E-state index in [1.165, 1.54) is 12.8 Å². The zero-order valence-electron chi connectivity index (χ0n) is 11.2. The van der Waals surface area contributed by atoms with Gasteiger partial charge in [-0.15, -0.1) is 0 Å². The van der Waals surface area contributed by atoms with Crippen LogP contribution in [0.1, 0.15) is 31.2 Å². The van der Waals surface area contributed by atoms with E-state index in [-0.39, 0.29) is 17.2 Å². The van der Waals surface area contributed by atoms with Gasteiger partial charge in [-0.3, -0.25) is 10.1 Å². The Morgan fingerprint density at radius 3 is 2.68 bits per heavy atom. The number of benzene rings is 1. The van der Waals surface area contributed by atoms with Crippen LogP contribution in [0.25, 0.3) is 0 Å². The molecule has 0 aromatic heterocycles. The molecule has 1 aliphatic rings. The van der Waals surface area contributed by atoms with Crippen LogP contribution < -0.4 is 4.90 Å². The van der Waals surface area contributed by atoms with Crippen molar-refractivity contribution in [2.24, 2.45) is 0 Å². The molecule has 1 fully saturated rings. The molecule has 0 atom stereocenters. The normalized spacial score (nSPS) is 15.7. The molecule has 1 aromatic carbocycles. The molecule has 0 radical (unpaired) electrons. The van der Waals surface area contributed by atoms with Crippen molar-refractivity contribution in [2.45, 2.75) is 38.6 Å². The number of aryl methyl sites for hydroxylation is 1. The summed E-state index contributed by atoms with van der Waals surface area (Å²) in [5.74, 6) is 0. The molecule has 0 amide bonds. The molecule has 19 heavy (non-hydrogen) atoms. The van der Waals surface area contributed by atoms with Gasteiger partial charge in [-0.25, -0.2) is 0 Å². The first-order chi connectivity index (χ1) is 9.13. The van der Waals surface area contributed by atoms with Crippen LogP contribution in [0.4, 0.5) is 11.4 Å². The second-order valence-corrected chi connectivity index (χ2v) is 5.08. The van der Waals surface area contributed by atoms with Gasteiger partial charge < -0.3 is 10.0 Å². The zero-order chi connectivity index (χ0) is 13.8. The molecule has 1 N–H and O–H groups in total. The Kier molecular flexibility index (Phi) is 4.37. The molecule has 0 heterocycles. The van der Waals surface area contributed by atoms with E-state index in [1.807, 2.05) is 6.07 Å². The fraction of sp³-hybridized carbons (Fsp3) is 0.571. The second kappa shape index (κ2) is 6.02. The highest BCUT2D eigenvalue weighted by molar-refractivity contribution is 5.57. The minimum atomic E-state index is -0.343. The van der Waals surface area contributed by atoms with Crippen LogP contribution in [0.15, 0.2) is 18.2 Å². The van der Waals surface area contributed by atoms with Crippen molar-refractivity contribution >= 4 is 11.4 Å². The summed E-state index contributed by atoms with van der Waals surface area (Å²) in [7, 11) is 0. The summed E-state index contributed by atoms with van der Waals surface area (Å²) in [5.41, 5.74) is 1.67. The van der Waals surface area contributed by atoms with Crippen molar-refractivity contribution in [3.63, 3.8) is 0 Å². The maximum atomic E-state index is 11.0. The zero-order valence-corrected chi connectivity index (χ0v) is 11.2. The van der Waals surface area contributed by atoms with E-state index in [0.717, 1.165) is 18.5 Å². The number of aliphatic hydroxyl groups is 1. The van der Waals surface area contributed by atoms with E-state index in [1.54, 1.807) is 19.1 Å². The summed E-state index contributed by atoms with van der Waals surface area (Å²) >= 11 is 0. The van der Waals surface area contributed by atoms with Crippen molar-refractivity contribution in [2.75, 3.05) is 18.1 Å². The van der Waals surface area contributed by atoms with E-state index in [0.29, 0.717) is 18.2 Å². The monoisotopic (exact) mass is 264 g/mol. The predicted octanol–water partition coefficient (Wildman–Crippen LogP) is 2.64. The van der Waals surface area contributed by atoms with E-state index in [2.05, 4.69) is 4.90 Å². The number of rotatable bonds is 5. The number of anilines is 1. The summed E-state index contributed by atoms with van der Waals surface area (Å²) in [4.78, 5) is 12.8. The van der Waals surface area contributed by atoms with Crippen molar-refractivity contribution < 1.29 is 10.0 Å². The Labute approximate surface area is 113 Å². The largest absolute Gasteiger partial charge is 0.395 e. The quantitative estimate of drug-likeness (QED) is 0.656. The number of aliphatic hydroxyl groups excluding tert-OH is 1. The highest BCUT2D eigenvalue weighted by atomic mass is 16.6. The van der Waals surface area contributed by atoms with Crippen molar-refractivity contribution in [3.8, 4) is 0 Å². The SMILES string of the molecule is Cc1ccc(N(CCO)C2CCCC2)cc1[N+](=O)[O-]. The van der Waals surface area contributed by atoms with Gasteiger partial charge in [0.1, 0.15) is 0 Å². The van der Waals surface area contributed by atoms with Gasteiger partial charge in [0.15, 0.2) is 0 Å². The maximum Gasteiger partial charge on any atom is 0.274 e. The van der Waals surface area contributed by atoms with Crippen LogP contribution >= 0.6 is 0 Å². The van der Waals surface area contributed by atoms with Crippen LogP contribution in [-0.2, 0) is 0 Å². The average molecular weight is 264 g/mol. The Morgan fingerprint density at radius 1 is 1.42 bits per heavy atom. The van der Waals surface area contributed by atoms with E-state index in [4.69, 9.17) is 0 Å². The Bertz CT molecular complexity index is 456. The third-order valence-electron chi connectivity index (χ3n) is 3.83. The lowest BCUT2D eigenvalue weighted by Crippen LogP contribution is -2.35. The minimum absolute atomic E-state index is 0.0676. The molecule has 0 unspecified atom stereocenters. The van der Waals surface area contributed by atoms with Gasteiger partial charge in [0.2, 0.25) is 0 Å². The van der Waals surface area contributed by atoms with Gasteiger partial charge in [-0.1, -0.05) is 18.9 Å². The van der Waals surface area contributed by atoms with Gasteiger partial charge in [0, 0.05) is 29.9 Å². The van der Waals surface area contributed by atoms with Crippen LogP contribution in [0, 0.1) is 17.0 Å². The molecule has 0 aliphatic heterocycles. The molecule has 2 rings (SSSR count). The molecule has 5 nitrogen and oxygen atoms in total. The first-order valence-corrected chi connectivity index (χ1v) is 6.76. The molecule has 5 heteroatoms. The predicted molar refractivity (Wildman–Crippen MR) is 74.5 cm³/mol. The first-order valence-electron chi connectivity index (χ1n) is 6.76. The van der Waals surface area contributed by atoms with Crippen LogP contribution in [0.5, 0.6) is 0 Å². The van der Waals surface area contributed by atoms with Gasteiger partial charge in [-0.2, -0.15) is 0 Å². The standard InChI is InChI=1S/C14H20N2O3/c1-11-6-7-13(10-14(11)16(18)19)15(8-9-17)12-4-2-3-5-12/h6-7,10,12,17H,2-5,8-9H2,1H3. The van der Waals surface area contributed by atoms with Gasteiger partial charge in [-0.05, 0) is 25.8 Å². The van der Waals surface area contributed by atoms with Crippen molar-refractivity contribution in [1.29, 1.82) is 0 Å².